The second-order valence-electron chi connectivity index (χ2n) is 4.32. The molecule has 0 aromatic heterocycles. The lowest BCUT2D eigenvalue weighted by Gasteiger charge is -2.04. The van der Waals surface area contributed by atoms with E-state index in [1.807, 2.05) is 42.5 Å². The van der Waals surface area contributed by atoms with Crippen molar-refractivity contribution < 1.29 is 9.53 Å². The Bertz CT molecular complexity index is 620. The molecule has 0 unspecified atom stereocenters. The van der Waals surface area contributed by atoms with Crippen LogP contribution in [0.25, 0.3) is 0 Å². The van der Waals surface area contributed by atoms with Crippen LogP contribution in [-0.4, -0.2) is 5.78 Å². The molecular weight excluding hydrogens is 292 g/mol. The molecule has 0 spiro atoms. The van der Waals surface area contributed by atoms with E-state index in [0.29, 0.717) is 18.8 Å². The van der Waals surface area contributed by atoms with Crippen LogP contribution in [0.4, 0.5) is 0 Å². The lowest BCUT2D eigenvalue weighted by Crippen LogP contribution is -2.02. The van der Waals surface area contributed by atoms with Gasteiger partial charge in [0.05, 0.1) is 13.2 Å². The highest BCUT2D eigenvalue weighted by molar-refractivity contribution is 9.10. The summed E-state index contributed by atoms with van der Waals surface area (Å²) in [5, 5.41) is 0. The SMILES string of the molecule is O=C(c1cccc(Br)c1)c1ccc2c(c1)COC2. The van der Waals surface area contributed by atoms with Gasteiger partial charge in [0.1, 0.15) is 0 Å². The second kappa shape index (κ2) is 4.67. The van der Waals surface area contributed by atoms with Crippen molar-refractivity contribution in [2.75, 3.05) is 0 Å². The van der Waals surface area contributed by atoms with E-state index in [1.54, 1.807) is 0 Å². The number of hydrogen-bond donors (Lipinski definition) is 0. The standard InChI is InChI=1S/C15H11BrO2/c16-14-3-1-2-10(7-14)15(17)11-4-5-12-8-18-9-13(12)6-11/h1-7H,8-9H2. The van der Waals surface area contributed by atoms with Gasteiger partial charge in [0.25, 0.3) is 0 Å². The number of halogens is 1. The fourth-order valence-electron chi connectivity index (χ4n) is 2.11. The van der Waals surface area contributed by atoms with Crippen molar-refractivity contribution in [3.05, 3.63) is 69.2 Å². The fourth-order valence-corrected chi connectivity index (χ4v) is 2.51. The van der Waals surface area contributed by atoms with Gasteiger partial charge in [-0.2, -0.15) is 0 Å². The topological polar surface area (TPSA) is 26.3 Å². The highest BCUT2D eigenvalue weighted by Gasteiger charge is 2.15. The minimum absolute atomic E-state index is 0.0472. The number of ketones is 1. The second-order valence-corrected chi connectivity index (χ2v) is 5.23. The molecule has 18 heavy (non-hydrogen) atoms. The van der Waals surface area contributed by atoms with Crippen molar-refractivity contribution in [1.29, 1.82) is 0 Å². The van der Waals surface area contributed by atoms with Crippen molar-refractivity contribution >= 4 is 21.7 Å². The predicted molar refractivity (Wildman–Crippen MR) is 72.5 cm³/mol. The number of benzene rings is 2. The third kappa shape index (κ3) is 2.11. The van der Waals surface area contributed by atoms with Gasteiger partial charge in [-0.05, 0) is 29.3 Å². The largest absolute Gasteiger partial charge is 0.372 e. The van der Waals surface area contributed by atoms with Crippen LogP contribution in [-0.2, 0) is 18.0 Å². The molecule has 1 aliphatic rings. The molecular formula is C15H11BrO2. The summed E-state index contributed by atoms with van der Waals surface area (Å²) >= 11 is 3.38. The Labute approximate surface area is 114 Å². The van der Waals surface area contributed by atoms with Gasteiger partial charge in [0.2, 0.25) is 0 Å². The predicted octanol–water partition coefficient (Wildman–Crippen LogP) is 3.71. The van der Waals surface area contributed by atoms with E-state index in [0.717, 1.165) is 15.6 Å². The molecule has 2 aromatic carbocycles. The zero-order valence-corrected chi connectivity index (χ0v) is 11.2. The molecule has 0 atom stereocenters. The minimum Gasteiger partial charge on any atom is -0.372 e. The quantitative estimate of drug-likeness (QED) is 0.791. The molecule has 1 aliphatic heterocycles. The average molecular weight is 303 g/mol. The van der Waals surface area contributed by atoms with Gasteiger partial charge in [-0.3, -0.25) is 4.79 Å². The smallest absolute Gasteiger partial charge is 0.193 e. The lowest BCUT2D eigenvalue weighted by molar-refractivity contribution is 0.103. The Hall–Kier alpha value is -1.45. The van der Waals surface area contributed by atoms with Crippen molar-refractivity contribution in [1.82, 2.24) is 0 Å². The summed E-state index contributed by atoms with van der Waals surface area (Å²) in [6.07, 6.45) is 0. The maximum Gasteiger partial charge on any atom is 0.193 e. The van der Waals surface area contributed by atoms with E-state index < -0.39 is 0 Å². The van der Waals surface area contributed by atoms with Crippen molar-refractivity contribution in [3.63, 3.8) is 0 Å². The van der Waals surface area contributed by atoms with E-state index in [2.05, 4.69) is 15.9 Å². The maximum absolute atomic E-state index is 12.3. The third-order valence-corrected chi connectivity index (χ3v) is 3.56. The molecule has 2 aromatic rings. The van der Waals surface area contributed by atoms with E-state index in [-0.39, 0.29) is 5.78 Å². The zero-order chi connectivity index (χ0) is 12.5. The Morgan fingerprint density at radius 3 is 2.61 bits per heavy atom. The van der Waals surface area contributed by atoms with Crippen molar-refractivity contribution in [2.45, 2.75) is 13.2 Å². The highest BCUT2D eigenvalue weighted by Crippen LogP contribution is 2.23. The molecule has 1 heterocycles. The van der Waals surface area contributed by atoms with E-state index >= 15 is 0 Å². The first kappa shape index (κ1) is 11.6. The van der Waals surface area contributed by atoms with E-state index in [1.165, 1.54) is 5.56 Å². The number of fused-ring (bicyclic) bond motifs is 1. The Kier molecular flexibility index (Phi) is 3.02. The molecule has 0 N–H and O–H groups in total. The van der Waals surface area contributed by atoms with Crippen LogP contribution in [0.1, 0.15) is 27.0 Å². The fraction of sp³-hybridized carbons (Fsp3) is 0.133. The third-order valence-electron chi connectivity index (χ3n) is 3.07. The molecule has 3 rings (SSSR count). The van der Waals surface area contributed by atoms with Gasteiger partial charge < -0.3 is 4.74 Å². The summed E-state index contributed by atoms with van der Waals surface area (Å²) in [4.78, 5) is 12.3. The molecule has 0 saturated carbocycles. The van der Waals surface area contributed by atoms with Crippen molar-refractivity contribution in [3.8, 4) is 0 Å². The summed E-state index contributed by atoms with van der Waals surface area (Å²) in [6.45, 7) is 1.26. The molecule has 0 aliphatic carbocycles. The molecule has 3 heteroatoms. The minimum atomic E-state index is 0.0472. The van der Waals surface area contributed by atoms with Crippen LogP contribution in [0.15, 0.2) is 46.9 Å². The molecule has 90 valence electrons. The zero-order valence-electron chi connectivity index (χ0n) is 9.65. The normalized spacial score (nSPS) is 13.4. The van der Waals surface area contributed by atoms with Crippen molar-refractivity contribution in [2.24, 2.45) is 0 Å². The Balaban J connectivity index is 1.98. The van der Waals surface area contributed by atoms with E-state index in [4.69, 9.17) is 4.74 Å². The van der Waals surface area contributed by atoms with Gasteiger partial charge in [-0.15, -0.1) is 0 Å². The molecule has 0 saturated heterocycles. The van der Waals surface area contributed by atoms with Gasteiger partial charge in [0.15, 0.2) is 5.78 Å². The number of carbonyl (C=O) groups excluding carboxylic acids is 1. The molecule has 0 bridgehead atoms. The van der Waals surface area contributed by atoms with Crippen LogP contribution in [0.5, 0.6) is 0 Å². The summed E-state index contributed by atoms with van der Waals surface area (Å²) in [7, 11) is 0. The first-order valence-electron chi connectivity index (χ1n) is 5.74. The highest BCUT2D eigenvalue weighted by atomic mass is 79.9. The van der Waals surface area contributed by atoms with Crippen LogP contribution >= 0.6 is 15.9 Å². The average Bonchev–Trinajstić information content (AvgIpc) is 2.85. The number of hydrogen-bond acceptors (Lipinski definition) is 2. The Morgan fingerprint density at radius 2 is 1.78 bits per heavy atom. The Morgan fingerprint density at radius 1 is 1.00 bits per heavy atom. The molecule has 0 amide bonds. The first-order valence-corrected chi connectivity index (χ1v) is 6.53. The lowest BCUT2D eigenvalue weighted by atomic mass is 9.99. The van der Waals surface area contributed by atoms with Gasteiger partial charge in [-0.25, -0.2) is 0 Å². The summed E-state index contributed by atoms with van der Waals surface area (Å²) in [6, 6.07) is 13.2. The van der Waals surface area contributed by atoms with Crippen LogP contribution in [0.3, 0.4) is 0 Å². The summed E-state index contributed by atoms with van der Waals surface area (Å²) in [5.41, 5.74) is 3.72. The molecule has 0 radical (unpaired) electrons. The van der Waals surface area contributed by atoms with Crippen LogP contribution < -0.4 is 0 Å². The summed E-state index contributed by atoms with van der Waals surface area (Å²) < 4.78 is 6.27. The van der Waals surface area contributed by atoms with Gasteiger partial charge in [-0.1, -0.05) is 40.2 Å². The number of rotatable bonds is 2. The van der Waals surface area contributed by atoms with E-state index in [9.17, 15) is 4.79 Å². The van der Waals surface area contributed by atoms with Gasteiger partial charge in [0, 0.05) is 15.6 Å². The summed E-state index contributed by atoms with van der Waals surface area (Å²) in [5.74, 6) is 0.0472. The number of carbonyl (C=O) groups is 1. The van der Waals surface area contributed by atoms with Crippen LogP contribution in [0, 0.1) is 0 Å². The van der Waals surface area contributed by atoms with Gasteiger partial charge >= 0.3 is 0 Å². The molecule has 0 fully saturated rings. The maximum atomic E-state index is 12.3. The monoisotopic (exact) mass is 302 g/mol. The number of ether oxygens (including phenoxy) is 1. The van der Waals surface area contributed by atoms with Crippen LogP contribution in [0.2, 0.25) is 0 Å². The first-order chi connectivity index (χ1) is 8.74. The molecule has 2 nitrogen and oxygen atoms in total.